The van der Waals surface area contributed by atoms with Gasteiger partial charge in [-0.25, -0.2) is 4.39 Å². The van der Waals surface area contributed by atoms with Gasteiger partial charge in [0, 0.05) is 18.7 Å². The zero-order valence-corrected chi connectivity index (χ0v) is 12.0. The van der Waals surface area contributed by atoms with E-state index in [2.05, 4.69) is 11.9 Å². The normalized spacial score (nSPS) is 28.0. The van der Waals surface area contributed by atoms with Gasteiger partial charge < -0.3 is 4.90 Å². The summed E-state index contributed by atoms with van der Waals surface area (Å²) in [5.41, 5.74) is 0.783. The predicted molar refractivity (Wildman–Crippen MR) is 76.4 cm³/mol. The first kappa shape index (κ1) is 13.6. The molecule has 2 aliphatic rings. The van der Waals surface area contributed by atoms with Crippen molar-refractivity contribution in [1.29, 1.82) is 5.26 Å². The standard InChI is InChI=1S/C17H21FN2/c1-20(11-16-8-12-5-6-13(16)7-12)10-15-4-2-3-14(9-19)17(15)18/h2-4,12-13,16H,5-8,10-11H2,1H3. The maximum absolute atomic E-state index is 14.0. The van der Waals surface area contributed by atoms with Crippen molar-refractivity contribution in [3.8, 4) is 6.07 Å². The van der Waals surface area contributed by atoms with Crippen LogP contribution >= 0.6 is 0 Å². The molecule has 3 atom stereocenters. The highest BCUT2D eigenvalue weighted by molar-refractivity contribution is 5.34. The Labute approximate surface area is 120 Å². The van der Waals surface area contributed by atoms with Crippen molar-refractivity contribution >= 4 is 0 Å². The van der Waals surface area contributed by atoms with Crippen LogP contribution in [0.1, 0.15) is 36.8 Å². The summed E-state index contributed by atoms with van der Waals surface area (Å²) in [5.74, 6) is 2.30. The molecule has 0 heterocycles. The first-order valence-electron chi connectivity index (χ1n) is 7.53. The Kier molecular flexibility index (Phi) is 3.76. The summed E-state index contributed by atoms with van der Waals surface area (Å²) in [6.45, 7) is 1.65. The summed E-state index contributed by atoms with van der Waals surface area (Å²) in [6.07, 6.45) is 5.58. The quantitative estimate of drug-likeness (QED) is 0.838. The lowest BCUT2D eigenvalue weighted by molar-refractivity contribution is 0.213. The largest absolute Gasteiger partial charge is 0.302 e. The molecule has 2 bridgehead atoms. The molecular weight excluding hydrogens is 251 g/mol. The number of hydrogen-bond donors (Lipinski definition) is 0. The van der Waals surface area contributed by atoms with Gasteiger partial charge in [-0.1, -0.05) is 18.6 Å². The van der Waals surface area contributed by atoms with Gasteiger partial charge >= 0.3 is 0 Å². The Bertz CT molecular complexity index is 534. The van der Waals surface area contributed by atoms with Crippen LogP contribution in [0.2, 0.25) is 0 Å². The van der Waals surface area contributed by atoms with Crippen molar-refractivity contribution in [2.24, 2.45) is 17.8 Å². The number of halogens is 1. The molecule has 0 radical (unpaired) electrons. The van der Waals surface area contributed by atoms with Crippen molar-refractivity contribution in [3.05, 3.63) is 35.1 Å². The molecule has 2 fully saturated rings. The molecule has 106 valence electrons. The molecule has 0 N–H and O–H groups in total. The third-order valence-corrected chi connectivity index (χ3v) is 5.07. The van der Waals surface area contributed by atoms with Crippen molar-refractivity contribution in [1.82, 2.24) is 4.90 Å². The summed E-state index contributed by atoms with van der Waals surface area (Å²) in [7, 11) is 2.06. The second-order valence-electron chi connectivity index (χ2n) is 6.52. The fraction of sp³-hybridized carbons (Fsp3) is 0.588. The average Bonchev–Trinajstić information content (AvgIpc) is 3.03. The van der Waals surface area contributed by atoms with E-state index >= 15 is 0 Å². The van der Waals surface area contributed by atoms with Crippen molar-refractivity contribution in [2.75, 3.05) is 13.6 Å². The molecule has 2 aliphatic carbocycles. The van der Waals surface area contributed by atoms with Crippen molar-refractivity contribution < 1.29 is 4.39 Å². The molecule has 2 saturated carbocycles. The molecule has 0 aliphatic heterocycles. The Balaban J connectivity index is 1.62. The summed E-state index contributed by atoms with van der Waals surface area (Å²) < 4.78 is 14.0. The number of nitriles is 1. The highest BCUT2D eigenvalue weighted by atomic mass is 19.1. The third kappa shape index (κ3) is 2.58. The van der Waals surface area contributed by atoms with Crippen molar-refractivity contribution in [3.63, 3.8) is 0 Å². The lowest BCUT2D eigenvalue weighted by Gasteiger charge is -2.27. The topological polar surface area (TPSA) is 27.0 Å². The molecule has 0 amide bonds. The number of hydrogen-bond acceptors (Lipinski definition) is 2. The van der Waals surface area contributed by atoms with Gasteiger partial charge in [0.15, 0.2) is 0 Å². The van der Waals surface area contributed by atoms with Gasteiger partial charge in [-0.05, 0) is 50.1 Å². The molecular formula is C17H21FN2. The molecule has 1 aromatic carbocycles. The van der Waals surface area contributed by atoms with Crippen LogP contribution in [-0.2, 0) is 6.54 Å². The summed E-state index contributed by atoms with van der Waals surface area (Å²) >= 11 is 0. The maximum Gasteiger partial charge on any atom is 0.145 e. The molecule has 3 unspecified atom stereocenters. The SMILES string of the molecule is CN(Cc1cccc(C#N)c1F)CC1CC2CCC1C2. The van der Waals surface area contributed by atoms with E-state index < -0.39 is 0 Å². The molecule has 0 aromatic heterocycles. The minimum atomic E-state index is -0.352. The lowest BCUT2D eigenvalue weighted by Crippen LogP contribution is -2.28. The van der Waals surface area contributed by atoms with Crippen LogP contribution in [0.5, 0.6) is 0 Å². The molecule has 3 rings (SSSR count). The number of fused-ring (bicyclic) bond motifs is 2. The summed E-state index contributed by atoms with van der Waals surface area (Å²) in [5, 5.41) is 8.87. The monoisotopic (exact) mass is 272 g/mol. The van der Waals surface area contributed by atoms with E-state index in [1.165, 1.54) is 31.7 Å². The Morgan fingerprint density at radius 1 is 1.35 bits per heavy atom. The van der Waals surface area contributed by atoms with Gasteiger partial charge in [-0.15, -0.1) is 0 Å². The first-order valence-corrected chi connectivity index (χ1v) is 7.53. The fourth-order valence-corrected chi connectivity index (χ4v) is 4.14. The van der Waals surface area contributed by atoms with Gasteiger partial charge in [-0.3, -0.25) is 0 Å². The highest BCUT2D eigenvalue weighted by Crippen LogP contribution is 2.48. The van der Waals surface area contributed by atoms with E-state index in [-0.39, 0.29) is 11.4 Å². The van der Waals surface area contributed by atoms with Gasteiger partial charge in [0.2, 0.25) is 0 Å². The van der Waals surface area contributed by atoms with Crippen LogP contribution in [-0.4, -0.2) is 18.5 Å². The van der Waals surface area contributed by atoms with E-state index in [0.717, 1.165) is 24.3 Å². The lowest BCUT2D eigenvalue weighted by atomic mass is 9.88. The molecule has 0 spiro atoms. The van der Waals surface area contributed by atoms with E-state index in [9.17, 15) is 4.39 Å². The Morgan fingerprint density at radius 3 is 2.85 bits per heavy atom. The van der Waals surface area contributed by atoms with E-state index in [1.807, 2.05) is 6.07 Å². The molecule has 2 nitrogen and oxygen atoms in total. The summed E-state index contributed by atoms with van der Waals surface area (Å²) in [6, 6.07) is 7.00. The Hall–Kier alpha value is -1.40. The van der Waals surface area contributed by atoms with Crippen LogP contribution in [0.4, 0.5) is 4.39 Å². The average molecular weight is 272 g/mol. The number of nitrogens with zero attached hydrogens (tertiary/aromatic N) is 2. The van der Waals surface area contributed by atoms with E-state index in [4.69, 9.17) is 5.26 Å². The highest BCUT2D eigenvalue weighted by Gasteiger charge is 2.39. The van der Waals surface area contributed by atoms with Crippen LogP contribution < -0.4 is 0 Å². The molecule has 0 saturated heterocycles. The zero-order valence-electron chi connectivity index (χ0n) is 12.0. The van der Waals surface area contributed by atoms with Crippen molar-refractivity contribution in [2.45, 2.75) is 32.2 Å². The van der Waals surface area contributed by atoms with Crippen LogP contribution in [0, 0.1) is 34.9 Å². The van der Waals surface area contributed by atoms with Crippen LogP contribution in [0.3, 0.4) is 0 Å². The predicted octanol–water partition coefficient (Wildman–Crippen LogP) is 3.57. The molecule has 1 aromatic rings. The first-order chi connectivity index (χ1) is 9.67. The maximum atomic E-state index is 14.0. The van der Waals surface area contributed by atoms with Gasteiger partial charge in [0.1, 0.15) is 11.9 Å². The smallest absolute Gasteiger partial charge is 0.145 e. The number of rotatable bonds is 4. The Morgan fingerprint density at radius 2 is 2.20 bits per heavy atom. The van der Waals surface area contributed by atoms with Gasteiger partial charge in [-0.2, -0.15) is 5.26 Å². The van der Waals surface area contributed by atoms with Crippen LogP contribution in [0.15, 0.2) is 18.2 Å². The van der Waals surface area contributed by atoms with E-state index in [1.54, 1.807) is 12.1 Å². The van der Waals surface area contributed by atoms with Gasteiger partial charge in [0.05, 0.1) is 5.56 Å². The third-order valence-electron chi connectivity index (χ3n) is 5.07. The summed E-state index contributed by atoms with van der Waals surface area (Å²) in [4.78, 5) is 2.21. The number of benzene rings is 1. The fourth-order valence-electron chi connectivity index (χ4n) is 4.14. The second-order valence-corrected chi connectivity index (χ2v) is 6.52. The van der Waals surface area contributed by atoms with E-state index in [0.29, 0.717) is 12.1 Å². The van der Waals surface area contributed by atoms with Gasteiger partial charge in [0.25, 0.3) is 0 Å². The molecule has 3 heteroatoms. The minimum absolute atomic E-state index is 0.149. The van der Waals surface area contributed by atoms with Crippen LogP contribution in [0.25, 0.3) is 0 Å². The second kappa shape index (κ2) is 5.54. The molecule has 20 heavy (non-hydrogen) atoms. The minimum Gasteiger partial charge on any atom is -0.302 e. The zero-order chi connectivity index (χ0) is 14.1.